The Labute approximate surface area is 224 Å². The monoisotopic (exact) mass is 518 g/mol. The Morgan fingerprint density at radius 1 is 0.727 bits per heavy atom. The Balaban J connectivity index is -0.00000300. The van der Waals surface area contributed by atoms with Crippen molar-refractivity contribution < 1.29 is 118 Å². The van der Waals surface area contributed by atoms with E-state index >= 15 is 0 Å². The molecule has 0 radical (unpaired) electrons. The zero-order chi connectivity index (χ0) is 23.4. The number of hydrogen-bond donors (Lipinski definition) is 0. The van der Waals surface area contributed by atoms with E-state index in [0.717, 1.165) is 24.3 Å². The van der Waals surface area contributed by atoms with Crippen molar-refractivity contribution in [2.24, 2.45) is 5.41 Å². The zero-order valence-corrected chi connectivity index (χ0v) is 19.9. The van der Waals surface area contributed by atoms with E-state index < -0.39 is 77.5 Å². The van der Waals surface area contributed by atoms with Crippen LogP contribution in [0.5, 0.6) is 11.5 Å². The average molecular weight is 518 g/mol. The summed E-state index contributed by atoms with van der Waals surface area (Å²) in [6, 6.07) is 1.46. The number of benzene rings is 1. The minimum atomic E-state index is -5.33. The topological polar surface area (TPSA) is 190 Å². The molecule has 0 atom stereocenters. The normalized spacial score (nSPS) is 11.8. The summed E-state index contributed by atoms with van der Waals surface area (Å²) in [5, 5.41) is 0. The van der Waals surface area contributed by atoms with Gasteiger partial charge in [0.05, 0.1) is 37.0 Å². The van der Waals surface area contributed by atoms with Crippen LogP contribution < -0.4 is 66.1 Å². The van der Waals surface area contributed by atoms with Gasteiger partial charge in [0.15, 0.2) is 0 Å². The maximum absolute atomic E-state index is 12.7. The summed E-state index contributed by atoms with van der Waals surface area (Å²) in [6.07, 6.45) is -2.74. The first-order valence-electron chi connectivity index (χ1n) is 7.32. The molecule has 0 heterocycles. The molecule has 0 aromatic heterocycles. The minimum Gasteiger partial charge on any atom is -0.748 e. The van der Waals surface area contributed by atoms with Crippen molar-refractivity contribution in [2.45, 2.75) is 0 Å². The zero-order valence-electron chi connectivity index (χ0n) is 17.5. The molecular formula is C13H12F3Li3O11S3. The molecule has 172 valence electrons. The maximum atomic E-state index is 12.7. The molecule has 0 amide bonds. The van der Waals surface area contributed by atoms with Crippen LogP contribution in [0.4, 0.5) is 13.2 Å². The van der Waals surface area contributed by atoms with Crippen molar-refractivity contribution in [3.05, 3.63) is 36.4 Å². The van der Waals surface area contributed by atoms with Gasteiger partial charge < -0.3 is 23.1 Å². The summed E-state index contributed by atoms with van der Waals surface area (Å²) in [5.74, 6) is -5.90. The van der Waals surface area contributed by atoms with Gasteiger partial charge in [-0.15, -0.1) is 0 Å². The fraction of sp³-hybridized carbons (Fsp3) is 0.385. The second-order valence-corrected chi connectivity index (χ2v) is 10.2. The van der Waals surface area contributed by atoms with Gasteiger partial charge in [0.1, 0.15) is 11.5 Å². The Morgan fingerprint density at radius 2 is 1.06 bits per heavy atom. The number of hydrogen-bond acceptors (Lipinski definition) is 11. The van der Waals surface area contributed by atoms with Crippen LogP contribution in [0.15, 0.2) is 36.4 Å². The smallest absolute Gasteiger partial charge is 0.748 e. The summed E-state index contributed by atoms with van der Waals surface area (Å²) in [5.41, 5.74) is -2.73. The van der Waals surface area contributed by atoms with Crippen LogP contribution in [0, 0.1) is 5.41 Å². The van der Waals surface area contributed by atoms with Crippen molar-refractivity contribution in [1.82, 2.24) is 0 Å². The first kappa shape index (κ1) is 37.4. The Morgan fingerprint density at radius 3 is 1.36 bits per heavy atom. The molecule has 0 saturated carbocycles. The van der Waals surface area contributed by atoms with E-state index in [9.17, 15) is 52.1 Å². The van der Waals surface area contributed by atoms with Crippen LogP contribution in [-0.4, -0.2) is 62.8 Å². The quantitative estimate of drug-likeness (QED) is 0.154. The van der Waals surface area contributed by atoms with Gasteiger partial charge in [-0.2, -0.15) is 13.2 Å². The van der Waals surface area contributed by atoms with Gasteiger partial charge in [-0.1, -0.05) is 0 Å². The number of rotatable bonds is 11. The minimum absolute atomic E-state index is 0. The second kappa shape index (κ2) is 14.4. The van der Waals surface area contributed by atoms with Crippen LogP contribution in [0.2, 0.25) is 0 Å². The molecule has 0 bridgehead atoms. The van der Waals surface area contributed by atoms with Crippen LogP contribution in [0.1, 0.15) is 0 Å². The van der Waals surface area contributed by atoms with Crippen LogP contribution in [-0.2, 0) is 30.4 Å². The summed E-state index contributed by atoms with van der Waals surface area (Å²) in [7, 11) is -16.0. The molecule has 0 spiro atoms. The van der Waals surface area contributed by atoms with Crippen molar-refractivity contribution in [2.75, 3.05) is 23.9 Å². The van der Waals surface area contributed by atoms with E-state index in [1.54, 1.807) is 0 Å². The molecule has 0 fully saturated rings. The third-order valence-electron chi connectivity index (χ3n) is 3.17. The van der Waals surface area contributed by atoms with E-state index in [0.29, 0.717) is 0 Å². The number of ether oxygens (including phenoxy) is 2. The van der Waals surface area contributed by atoms with Gasteiger partial charge in [0, 0.05) is 22.7 Å². The first-order valence-corrected chi connectivity index (χ1v) is 12.1. The molecule has 20 heteroatoms. The predicted molar refractivity (Wildman–Crippen MR) is 89.0 cm³/mol. The van der Waals surface area contributed by atoms with Gasteiger partial charge >= 0.3 is 68.7 Å². The van der Waals surface area contributed by atoms with E-state index in [2.05, 4.69) is 4.74 Å². The molecule has 0 N–H and O–H groups in total. The molecule has 1 rings (SSSR count). The van der Waals surface area contributed by atoms with Gasteiger partial charge in [0.2, 0.25) is 0 Å². The Bertz CT molecular complexity index is 1020. The van der Waals surface area contributed by atoms with E-state index in [1.807, 2.05) is 0 Å². The SMILES string of the molecule is O=S(=O)([O-])CC(COc1ccc(OC(F)=C(F)F)cc1)(CS(=O)(=O)[O-])CS(=O)(=O)[O-].[Li+].[Li+].[Li+]. The van der Waals surface area contributed by atoms with Crippen LogP contribution in [0.25, 0.3) is 0 Å². The molecule has 0 saturated heterocycles. The van der Waals surface area contributed by atoms with Crippen molar-refractivity contribution in [3.8, 4) is 11.5 Å². The third-order valence-corrected chi connectivity index (χ3v) is 6.07. The summed E-state index contributed by atoms with van der Waals surface area (Å²) < 4.78 is 146. The molecule has 33 heavy (non-hydrogen) atoms. The van der Waals surface area contributed by atoms with Crippen LogP contribution in [0.3, 0.4) is 0 Å². The average Bonchev–Trinajstić information content (AvgIpc) is 2.49. The predicted octanol–water partition coefficient (Wildman–Crippen LogP) is -8.89. The van der Waals surface area contributed by atoms with E-state index in [4.69, 9.17) is 4.74 Å². The standard InChI is InChI=1S/C13H15F3O11S3.3Li/c14-11(15)12(16)27-10-3-1-9(2-4-10)26-5-13(6-28(17,18)19,7-29(20,21)22)8-30(23,24)25;;;/h1-4H,5-8H2,(H,17,18,19)(H,20,21,22)(H,23,24,25);;;/q;3*+1/p-3. The molecule has 0 aliphatic rings. The molecule has 0 unspecified atom stereocenters. The van der Waals surface area contributed by atoms with Crippen LogP contribution >= 0.6 is 0 Å². The number of halogens is 3. The van der Waals surface area contributed by atoms with Crippen molar-refractivity contribution in [3.63, 3.8) is 0 Å². The van der Waals surface area contributed by atoms with E-state index in [-0.39, 0.29) is 62.3 Å². The second-order valence-electron chi connectivity index (χ2n) is 6.00. The van der Waals surface area contributed by atoms with Gasteiger partial charge in [-0.3, -0.25) is 0 Å². The molecule has 11 nitrogen and oxygen atoms in total. The Hall–Kier alpha value is -0.128. The fourth-order valence-electron chi connectivity index (χ4n) is 2.36. The summed E-state index contributed by atoms with van der Waals surface area (Å²) >= 11 is 0. The first-order chi connectivity index (χ1) is 13.4. The largest absolute Gasteiger partial charge is 1.00 e. The molecular weight excluding hydrogens is 506 g/mol. The summed E-state index contributed by atoms with van der Waals surface area (Å²) in [4.78, 5) is 0. The van der Waals surface area contributed by atoms with Gasteiger partial charge in [0.25, 0.3) is 0 Å². The van der Waals surface area contributed by atoms with Crippen molar-refractivity contribution in [1.29, 1.82) is 0 Å². The molecule has 1 aromatic carbocycles. The van der Waals surface area contributed by atoms with Crippen molar-refractivity contribution >= 4 is 30.4 Å². The Kier molecular flexibility index (Phi) is 16.4. The fourth-order valence-corrected chi connectivity index (χ4v) is 5.86. The van der Waals surface area contributed by atoms with Gasteiger partial charge in [-0.25, -0.2) is 25.3 Å². The summed E-state index contributed by atoms with van der Waals surface area (Å²) in [6.45, 7) is -1.19. The third kappa shape index (κ3) is 16.2. The molecule has 1 aromatic rings. The van der Waals surface area contributed by atoms with Gasteiger partial charge in [-0.05, 0) is 24.3 Å². The maximum Gasteiger partial charge on any atom is 1.00 e. The molecule has 0 aliphatic carbocycles. The van der Waals surface area contributed by atoms with E-state index in [1.165, 1.54) is 0 Å². The molecule has 0 aliphatic heterocycles.